The van der Waals surface area contributed by atoms with Crippen molar-refractivity contribution in [3.8, 4) is 0 Å². The topological polar surface area (TPSA) is 62.0 Å². The minimum Gasteiger partial charge on any atom is -0.381 e. The zero-order valence-electron chi connectivity index (χ0n) is 13.0. The molecule has 2 N–H and O–H groups in total. The third-order valence-electron chi connectivity index (χ3n) is 4.34. The SMILES string of the molecule is O=C1C=C(NCCc2c[nH]c3ccccc23)C(=O)c2ccccc21. The number of benzene rings is 2. The van der Waals surface area contributed by atoms with E-state index in [2.05, 4.69) is 16.4 Å². The number of hydrogen-bond acceptors (Lipinski definition) is 3. The zero-order valence-corrected chi connectivity index (χ0v) is 13.0. The van der Waals surface area contributed by atoms with Crippen molar-refractivity contribution in [2.75, 3.05) is 6.54 Å². The lowest BCUT2D eigenvalue weighted by Crippen LogP contribution is -2.28. The van der Waals surface area contributed by atoms with Crippen LogP contribution in [0.1, 0.15) is 26.3 Å². The Morgan fingerprint density at radius 2 is 1.67 bits per heavy atom. The van der Waals surface area contributed by atoms with E-state index in [1.807, 2.05) is 24.4 Å². The minimum absolute atomic E-state index is 0.121. The number of fused-ring (bicyclic) bond motifs is 2. The predicted octanol–water partition coefficient (Wildman–Crippen LogP) is 3.26. The first-order chi connectivity index (χ1) is 11.7. The Balaban J connectivity index is 1.49. The molecule has 4 heteroatoms. The van der Waals surface area contributed by atoms with Gasteiger partial charge in [-0.1, -0.05) is 42.5 Å². The fourth-order valence-corrected chi connectivity index (χ4v) is 3.12. The quantitative estimate of drug-likeness (QED) is 0.776. The van der Waals surface area contributed by atoms with Crippen LogP contribution in [0.2, 0.25) is 0 Å². The zero-order chi connectivity index (χ0) is 16.5. The highest BCUT2D eigenvalue weighted by atomic mass is 16.1. The van der Waals surface area contributed by atoms with Crippen molar-refractivity contribution in [2.24, 2.45) is 0 Å². The molecule has 4 nitrogen and oxygen atoms in total. The van der Waals surface area contributed by atoms with Gasteiger partial charge in [0.05, 0.1) is 5.70 Å². The summed E-state index contributed by atoms with van der Waals surface area (Å²) in [5, 5.41) is 4.31. The first kappa shape index (κ1) is 14.5. The summed E-state index contributed by atoms with van der Waals surface area (Å²) < 4.78 is 0. The number of ketones is 2. The summed E-state index contributed by atoms with van der Waals surface area (Å²) in [6, 6.07) is 15.1. The molecule has 0 saturated heterocycles. The van der Waals surface area contributed by atoms with Crippen LogP contribution < -0.4 is 5.32 Å². The van der Waals surface area contributed by atoms with Gasteiger partial charge in [0, 0.05) is 40.8 Å². The van der Waals surface area contributed by atoms with Crippen molar-refractivity contribution >= 4 is 22.5 Å². The minimum atomic E-state index is -0.125. The lowest BCUT2D eigenvalue weighted by Gasteiger charge is -2.16. The van der Waals surface area contributed by atoms with Gasteiger partial charge in [-0.15, -0.1) is 0 Å². The Morgan fingerprint density at radius 1 is 0.917 bits per heavy atom. The molecule has 1 heterocycles. The van der Waals surface area contributed by atoms with Crippen LogP contribution in [0, 0.1) is 0 Å². The fourth-order valence-electron chi connectivity index (χ4n) is 3.12. The van der Waals surface area contributed by atoms with Gasteiger partial charge in [0.1, 0.15) is 0 Å². The van der Waals surface area contributed by atoms with Gasteiger partial charge in [0.2, 0.25) is 5.78 Å². The Labute approximate surface area is 139 Å². The van der Waals surface area contributed by atoms with Crippen molar-refractivity contribution in [3.63, 3.8) is 0 Å². The molecule has 118 valence electrons. The van der Waals surface area contributed by atoms with Gasteiger partial charge in [-0.25, -0.2) is 0 Å². The monoisotopic (exact) mass is 316 g/mol. The van der Waals surface area contributed by atoms with E-state index in [-0.39, 0.29) is 11.6 Å². The maximum Gasteiger partial charge on any atom is 0.209 e. The molecular formula is C20H16N2O2. The largest absolute Gasteiger partial charge is 0.381 e. The molecule has 1 aliphatic rings. The maximum absolute atomic E-state index is 12.5. The van der Waals surface area contributed by atoms with E-state index >= 15 is 0 Å². The summed E-state index contributed by atoms with van der Waals surface area (Å²) in [6.45, 7) is 0.592. The highest BCUT2D eigenvalue weighted by Gasteiger charge is 2.24. The van der Waals surface area contributed by atoms with Crippen molar-refractivity contribution in [3.05, 3.63) is 83.2 Å². The molecule has 0 atom stereocenters. The molecule has 1 aliphatic carbocycles. The lowest BCUT2D eigenvalue weighted by atomic mass is 9.92. The molecule has 0 saturated carbocycles. The summed E-state index contributed by atoms with van der Waals surface area (Å²) in [6.07, 6.45) is 4.16. The molecule has 0 spiro atoms. The third kappa shape index (κ3) is 2.42. The van der Waals surface area contributed by atoms with Crippen LogP contribution >= 0.6 is 0 Å². The number of allylic oxidation sites excluding steroid dienone is 2. The Bertz CT molecular complexity index is 982. The van der Waals surface area contributed by atoms with Crippen LogP contribution in [-0.2, 0) is 6.42 Å². The van der Waals surface area contributed by atoms with Gasteiger partial charge >= 0.3 is 0 Å². The molecule has 0 bridgehead atoms. The second-order valence-corrected chi connectivity index (χ2v) is 5.83. The van der Waals surface area contributed by atoms with E-state index in [9.17, 15) is 9.59 Å². The summed E-state index contributed by atoms with van der Waals surface area (Å²) in [4.78, 5) is 27.9. The number of hydrogen-bond donors (Lipinski definition) is 2. The second-order valence-electron chi connectivity index (χ2n) is 5.83. The van der Waals surface area contributed by atoms with E-state index in [0.717, 1.165) is 11.9 Å². The molecule has 4 rings (SSSR count). The summed E-state index contributed by atoms with van der Waals surface area (Å²) in [5.74, 6) is -0.246. The van der Waals surface area contributed by atoms with Crippen molar-refractivity contribution in [1.29, 1.82) is 0 Å². The average molecular weight is 316 g/mol. The predicted molar refractivity (Wildman–Crippen MR) is 93.2 cm³/mol. The molecule has 0 unspecified atom stereocenters. The van der Waals surface area contributed by atoms with Crippen LogP contribution in [0.4, 0.5) is 0 Å². The first-order valence-electron chi connectivity index (χ1n) is 7.92. The standard InChI is InChI=1S/C20H16N2O2/c23-19-11-18(20(24)16-7-2-1-6-15(16)19)21-10-9-13-12-22-17-8-4-3-5-14(13)17/h1-8,11-12,21-22H,9-10H2. The normalized spacial score (nSPS) is 13.8. The van der Waals surface area contributed by atoms with Crippen molar-refractivity contribution in [2.45, 2.75) is 6.42 Å². The van der Waals surface area contributed by atoms with Gasteiger partial charge < -0.3 is 10.3 Å². The summed E-state index contributed by atoms with van der Waals surface area (Å²) in [5.41, 5.74) is 3.61. The highest BCUT2D eigenvalue weighted by Crippen LogP contribution is 2.20. The van der Waals surface area contributed by atoms with Gasteiger partial charge in [0.15, 0.2) is 5.78 Å². The van der Waals surface area contributed by atoms with Gasteiger partial charge in [0.25, 0.3) is 0 Å². The third-order valence-corrected chi connectivity index (χ3v) is 4.34. The van der Waals surface area contributed by atoms with Gasteiger partial charge in [-0.3, -0.25) is 9.59 Å². The second kappa shape index (κ2) is 5.81. The van der Waals surface area contributed by atoms with E-state index in [1.54, 1.807) is 24.3 Å². The fraction of sp³-hybridized carbons (Fsp3) is 0.100. The number of rotatable bonds is 4. The number of Topliss-reactive ketones (excluding diaryl/α,β-unsaturated/α-hetero) is 1. The lowest BCUT2D eigenvalue weighted by molar-refractivity contribution is 0.0978. The maximum atomic E-state index is 12.5. The highest BCUT2D eigenvalue weighted by molar-refractivity contribution is 6.24. The Morgan fingerprint density at radius 3 is 2.54 bits per heavy atom. The number of nitrogens with one attached hydrogen (secondary N) is 2. The van der Waals surface area contributed by atoms with Crippen LogP contribution in [0.25, 0.3) is 10.9 Å². The average Bonchev–Trinajstić information content (AvgIpc) is 3.03. The number of carbonyl (C=O) groups excluding carboxylic acids is 2. The molecule has 0 amide bonds. The smallest absolute Gasteiger partial charge is 0.209 e. The van der Waals surface area contributed by atoms with E-state index < -0.39 is 0 Å². The van der Waals surface area contributed by atoms with Gasteiger partial charge in [-0.2, -0.15) is 0 Å². The number of aromatic nitrogens is 1. The molecule has 24 heavy (non-hydrogen) atoms. The van der Waals surface area contributed by atoms with Crippen molar-refractivity contribution < 1.29 is 9.59 Å². The molecule has 0 radical (unpaired) electrons. The van der Waals surface area contributed by atoms with Crippen molar-refractivity contribution in [1.82, 2.24) is 10.3 Å². The molecular weight excluding hydrogens is 300 g/mol. The van der Waals surface area contributed by atoms with Crippen LogP contribution in [0.3, 0.4) is 0 Å². The Hall–Kier alpha value is -3.14. The van der Waals surface area contributed by atoms with Crippen LogP contribution in [-0.4, -0.2) is 23.1 Å². The molecule has 1 aromatic heterocycles. The molecule has 0 fully saturated rings. The van der Waals surface area contributed by atoms with E-state index in [0.29, 0.717) is 23.4 Å². The van der Waals surface area contributed by atoms with E-state index in [1.165, 1.54) is 17.0 Å². The summed E-state index contributed by atoms with van der Waals surface area (Å²) >= 11 is 0. The number of carbonyl (C=O) groups is 2. The van der Waals surface area contributed by atoms with Crippen LogP contribution in [0.5, 0.6) is 0 Å². The van der Waals surface area contributed by atoms with E-state index in [4.69, 9.17) is 0 Å². The molecule has 0 aliphatic heterocycles. The number of H-pyrrole nitrogens is 1. The Kier molecular flexibility index (Phi) is 3.50. The molecule has 2 aromatic carbocycles. The number of para-hydroxylation sites is 1. The molecule has 3 aromatic rings. The van der Waals surface area contributed by atoms with Crippen LogP contribution in [0.15, 0.2) is 66.5 Å². The summed E-state index contributed by atoms with van der Waals surface area (Å²) in [7, 11) is 0. The number of aromatic amines is 1. The first-order valence-corrected chi connectivity index (χ1v) is 7.92. The van der Waals surface area contributed by atoms with Gasteiger partial charge in [-0.05, 0) is 18.1 Å².